The van der Waals surface area contributed by atoms with E-state index in [9.17, 15) is 9.59 Å². The van der Waals surface area contributed by atoms with E-state index in [4.69, 9.17) is 4.74 Å². The molecule has 1 fully saturated rings. The van der Waals surface area contributed by atoms with Crippen LogP contribution in [-0.2, 0) is 21.4 Å². The van der Waals surface area contributed by atoms with Crippen molar-refractivity contribution < 1.29 is 14.3 Å². The minimum atomic E-state index is -0.418. The number of aryl methyl sites for hydroxylation is 2. The Labute approximate surface area is 180 Å². The Bertz CT molecular complexity index is 890. The first-order valence-electron chi connectivity index (χ1n) is 9.89. The summed E-state index contributed by atoms with van der Waals surface area (Å²) >= 11 is 1.31. The summed E-state index contributed by atoms with van der Waals surface area (Å²) in [5.41, 5.74) is 2.75. The molecule has 1 aliphatic heterocycles. The van der Waals surface area contributed by atoms with Crippen LogP contribution in [0.25, 0.3) is 0 Å². The Balaban J connectivity index is 1.51. The van der Waals surface area contributed by atoms with E-state index < -0.39 is 5.25 Å². The highest BCUT2D eigenvalue weighted by atomic mass is 32.2. The van der Waals surface area contributed by atoms with Crippen molar-refractivity contribution in [1.29, 1.82) is 0 Å². The van der Waals surface area contributed by atoms with Crippen LogP contribution in [0, 0.1) is 13.8 Å². The van der Waals surface area contributed by atoms with Gasteiger partial charge in [0.2, 0.25) is 17.8 Å². The normalized spacial score (nSPS) is 15.0. The maximum Gasteiger partial charge on any atom is 0.243 e. The lowest BCUT2D eigenvalue weighted by atomic mass is 10.1. The highest BCUT2D eigenvalue weighted by molar-refractivity contribution is 8.00. The molecule has 1 saturated heterocycles. The summed E-state index contributed by atoms with van der Waals surface area (Å²) in [6, 6.07) is 5.82. The Morgan fingerprint density at radius 3 is 2.53 bits per heavy atom. The number of aromatic nitrogens is 3. The highest BCUT2D eigenvalue weighted by Crippen LogP contribution is 2.25. The highest BCUT2D eigenvalue weighted by Gasteiger charge is 2.22. The molecule has 1 aromatic heterocycles. The molecule has 0 bridgehead atoms. The number of amides is 2. The van der Waals surface area contributed by atoms with Gasteiger partial charge >= 0.3 is 0 Å². The number of ether oxygens (including phenoxy) is 1. The van der Waals surface area contributed by atoms with E-state index in [0.717, 1.165) is 35.9 Å². The van der Waals surface area contributed by atoms with Crippen LogP contribution in [0.15, 0.2) is 23.4 Å². The average molecular weight is 433 g/mol. The fraction of sp³-hybridized carbons (Fsp3) is 0.500. The van der Waals surface area contributed by atoms with Gasteiger partial charge in [0.15, 0.2) is 5.16 Å². The molecule has 162 valence electrons. The van der Waals surface area contributed by atoms with Gasteiger partial charge in [0.05, 0.1) is 25.0 Å². The largest absolute Gasteiger partial charge is 0.378 e. The Kier molecular flexibility index (Phi) is 7.33. The molecule has 10 heteroatoms. The average Bonchev–Trinajstić information content (AvgIpc) is 3.09. The van der Waals surface area contributed by atoms with Crippen molar-refractivity contribution in [3.63, 3.8) is 0 Å². The van der Waals surface area contributed by atoms with E-state index in [0.29, 0.717) is 18.4 Å². The molecular formula is C20H28N6O3S. The van der Waals surface area contributed by atoms with E-state index >= 15 is 0 Å². The molecule has 1 aromatic carbocycles. The number of anilines is 2. The first kappa shape index (κ1) is 22.1. The molecule has 3 rings (SSSR count). The summed E-state index contributed by atoms with van der Waals surface area (Å²) in [5.74, 6) is 0.278. The molecule has 0 radical (unpaired) electrons. The van der Waals surface area contributed by atoms with Gasteiger partial charge in [-0.15, -0.1) is 10.2 Å². The van der Waals surface area contributed by atoms with Crippen LogP contribution in [0.3, 0.4) is 0 Å². The minimum absolute atomic E-state index is 0.0879. The first-order chi connectivity index (χ1) is 14.4. The Morgan fingerprint density at radius 1 is 1.20 bits per heavy atom. The summed E-state index contributed by atoms with van der Waals surface area (Å²) in [6.07, 6.45) is 0. The zero-order valence-electron chi connectivity index (χ0n) is 17.8. The van der Waals surface area contributed by atoms with E-state index in [1.165, 1.54) is 11.8 Å². The molecule has 0 saturated carbocycles. The van der Waals surface area contributed by atoms with Crippen LogP contribution in [0.2, 0.25) is 0 Å². The van der Waals surface area contributed by atoms with Gasteiger partial charge in [-0.3, -0.25) is 14.2 Å². The lowest BCUT2D eigenvalue weighted by Crippen LogP contribution is -2.38. The standard InChI is InChI=1S/C20H28N6O3S/c1-13-6-5-7-14(2)17(13)22-16(27)12-21-18(28)15(3)30-20-24-23-19(25(20)4)26-8-10-29-11-9-26/h5-7,15H,8-12H2,1-4H3,(H,21,28)(H,22,27). The zero-order chi connectivity index (χ0) is 21.7. The number of para-hydroxylation sites is 1. The van der Waals surface area contributed by atoms with Crippen molar-refractivity contribution in [3.05, 3.63) is 29.3 Å². The van der Waals surface area contributed by atoms with Crippen LogP contribution in [-0.4, -0.2) is 64.7 Å². The van der Waals surface area contributed by atoms with Gasteiger partial charge in [-0.2, -0.15) is 0 Å². The molecule has 0 spiro atoms. The predicted octanol–water partition coefficient (Wildman–Crippen LogP) is 1.50. The third-order valence-corrected chi connectivity index (χ3v) is 6.06. The maximum atomic E-state index is 12.5. The molecule has 1 atom stereocenters. The van der Waals surface area contributed by atoms with Gasteiger partial charge in [-0.25, -0.2) is 0 Å². The summed E-state index contributed by atoms with van der Waals surface area (Å²) < 4.78 is 7.25. The van der Waals surface area contributed by atoms with Crippen molar-refractivity contribution in [3.8, 4) is 0 Å². The van der Waals surface area contributed by atoms with Crippen LogP contribution < -0.4 is 15.5 Å². The van der Waals surface area contributed by atoms with E-state index in [-0.39, 0.29) is 18.4 Å². The smallest absolute Gasteiger partial charge is 0.243 e. The van der Waals surface area contributed by atoms with Crippen LogP contribution in [0.4, 0.5) is 11.6 Å². The molecule has 1 aliphatic rings. The van der Waals surface area contributed by atoms with Gasteiger partial charge < -0.3 is 20.3 Å². The van der Waals surface area contributed by atoms with Crippen LogP contribution in [0.5, 0.6) is 0 Å². The molecular weight excluding hydrogens is 404 g/mol. The number of benzene rings is 1. The zero-order valence-corrected chi connectivity index (χ0v) is 18.6. The number of nitrogens with one attached hydrogen (secondary N) is 2. The summed E-state index contributed by atoms with van der Waals surface area (Å²) in [7, 11) is 1.88. The van der Waals surface area contributed by atoms with Crippen LogP contribution >= 0.6 is 11.8 Å². The molecule has 30 heavy (non-hydrogen) atoms. The van der Waals surface area contributed by atoms with Gasteiger partial charge in [-0.1, -0.05) is 30.0 Å². The number of carbonyl (C=O) groups excluding carboxylic acids is 2. The molecule has 2 aromatic rings. The van der Waals surface area contributed by atoms with Crippen molar-refractivity contribution in [2.75, 3.05) is 43.1 Å². The number of morpholine rings is 1. The number of rotatable bonds is 7. The van der Waals surface area contributed by atoms with Crippen molar-refractivity contribution in [2.24, 2.45) is 7.05 Å². The van der Waals surface area contributed by atoms with E-state index in [1.807, 2.05) is 43.7 Å². The maximum absolute atomic E-state index is 12.5. The Morgan fingerprint density at radius 2 is 1.87 bits per heavy atom. The molecule has 2 heterocycles. The number of carbonyl (C=O) groups is 2. The van der Waals surface area contributed by atoms with Gasteiger partial charge in [0, 0.05) is 25.8 Å². The number of thioether (sulfide) groups is 1. The monoisotopic (exact) mass is 432 g/mol. The quantitative estimate of drug-likeness (QED) is 0.640. The fourth-order valence-corrected chi connectivity index (χ4v) is 4.00. The van der Waals surface area contributed by atoms with Gasteiger partial charge in [0.25, 0.3) is 0 Å². The van der Waals surface area contributed by atoms with Gasteiger partial charge in [-0.05, 0) is 31.9 Å². The molecule has 2 amide bonds. The number of hydrogen-bond acceptors (Lipinski definition) is 7. The van der Waals surface area contributed by atoms with Crippen molar-refractivity contribution >= 4 is 35.2 Å². The second-order valence-electron chi connectivity index (χ2n) is 7.23. The number of nitrogens with zero attached hydrogens (tertiary/aromatic N) is 4. The summed E-state index contributed by atoms with van der Waals surface area (Å²) in [6.45, 7) is 8.43. The second-order valence-corrected chi connectivity index (χ2v) is 8.54. The topological polar surface area (TPSA) is 101 Å². The molecule has 0 aliphatic carbocycles. The van der Waals surface area contributed by atoms with Crippen molar-refractivity contribution in [2.45, 2.75) is 31.2 Å². The molecule has 9 nitrogen and oxygen atoms in total. The lowest BCUT2D eigenvalue weighted by Gasteiger charge is -2.27. The Hall–Kier alpha value is -2.59. The van der Waals surface area contributed by atoms with E-state index in [1.54, 1.807) is 6.92 Å². The van der Waals surface area contributed by atoms with Crippen LogP contribution in [0.1, 0.15) is 18.1 Å². The fourth-order valence-electron chi connectivity index (χ4n) is 3.17. The second kappa shape index (κ2) is 9.94. The molecule has 1 unspecified atom stereocenters. The number of hydrogen-bond donors (Lipinski definition) is 2. The predicted molar refractivity (Wildman–Crippen MR) is 117 cm³/mol. The lowest BCUT2D eigenvalue weighted by molar-refractivity contribution is -0.123. The van der Waals surface area contributed by atoms with Gasteiger partial charge in [0.1, 0.15) is 0 Å². The third kappa shape index (κ3) is 5.31. The third-order valence-electron chi connectivity index (χ3n) is 4.93. The SMILES string of the molecule is Cc1cccc(C)c1NC(=O)CNC(=O)C(C)Sc1nnc(N2CCOCC2)n1C. The molecule has 2 N–H and O–H groups in total. The van der Waals surface area contributed by atoms with E-state index in [2.05, 4.69) is 25.7 Å². The summed E-state index contributed by atoms with van der Waals surface area (Å²) in [5, 5.41) is 14.3. The minimum Gasteiger partial charge on any atom is -0.378 e. The first-order valence-corrected chi connectivity index (χ1v) is 10.8. The van der Waals surface area contributed by atoms with Crippen molar-refractivity contribution in [1.82, 2.24) is 20.1 Å². The summed E-state index contributed by atoms with van der Waals surface area (Å²) in [4.78, 5) is 26.8.